The van der Waals surface area contributed by atoms with E-state index in [0.717, 1.165) is 6.07 Å². The van der Waals surface area contributed by atoms with Gasteiger partial charge in [-0.15, -0.1) is 11.3 Å². The number of aryl methyl sites for hydroxylation is 1. The molecule has 0 bridgehead atoms. The van der Waals surface area contributed by atoms with Crippen molar-refractivity contribution in [3.8, 4) is 0 Å². The number of carboxylic acid groups (broad SMARTS) is 1. The molecule has 0 radical (unpaired) electrons. The molecule has 0 saturated carbocycles. The van der Waals surface area contributed by atoms with Crippen LogP contribution < -0.4 is 5.32 Å². The fraction of sp³-hybridized carbons (Fsp3) is 0.400. The summed E-state index contributed by atoms with van der Waals surface area (Å²) in [4.78, 5) is 21.6. The Labute approximate surface area is 117 Å². The van der Waals surface area contributed by atoms with Crippen molar-refractivity contribution in [3.05, 3.63) is 16.5 Å². The van der Waals surface area contributed by atoms with Gasteiger partial charge in [0.25, 0.3) is 0 Å². The summed E-state index contributed by atoms with van der Waals surface area (Å²) in [7, 11) is 0. The summed E-state index contributed by atoms with van der Waals surface area (Å²) in [5, 5.41) is 9.76. The number of amides is 1. The molecule has 0 atom stereocenters. The molecule has 118 valence electrons. The number of anilines is 1. The summed E-state index contributed by atoms with van der Waals surface area (Å²) in [6.45, 7) is 1.29. The Kier molecular flexibility index (Phi) is 4.56. The minimum absolute atomic E-state index is 0.110. The van der Waals surface area contributed by atoms with Crippen molar-refractivity contribution >= 4 is 28.2 Å². The van der Waals surface area contributed by atoms with E-state index in [1.54, 1.807) is 0 Å². The number of carboxylic acids is 1. The number of carbonyl (C=O) groups excluding carboxylic acids is 1. The Bertz CT molecular complexity index is 548. The van der Waals surface area contributed by atoms with Gasteiger partial charge in [-0.3, -0.25) is 4.79 Å². The second-order valence-electron chi connectivity index (χ2n) is 3.93. The van der Waals surface area contributed by atoms with E-state index in [2.05, 4.69) is 0 Å². The maximum Gasteiger partial charge on any atom is 0.409 e. The van der Waals surface area contributed by atoms with Crippen LogP contribution in [0.1, 0.15) is 15.2 Å². The van der Waals surface area contributed by atoms with Gasteiger partial charge in [0.1, 0.15) is 4.88 Å². The summed E-state index contributed by atoms with van der Waals surface area (Å²) < 4.78 is 73.9. The normalized spacial score (nSPS) is 12.6. The fourth-order valence-corrected chi connectivity index (χ4v) is 2.35. The van der Waals surface area contributed by atoms with Gasteiger partial charge in [0.2, 0.25) is 11.8 Å². The first kappa shape index (κ1) is 17.3. The van der Waals surface area contributed by atoms with Crippen molar-refractivity contribution in [3.63, 3.8) is 0 Å². The molecule has 0 fully saturated rings. The van der Waals surface area contributed by atoms with Crippen LogP contribution >= 0.6 is 11.3 Å². The first-order valence-corrected chi connectivity index (χ1v) is 5.93. The zero-order valence-corrected chi connectivity index (χ0v) is 10.9. The number of carbonyl (C=O) groups is 2. The highest BCUT2D eigenvalue weighted by Crippen LogP contribution is 2.40. The first-order chi connectivity index (χ1) is 9.34. The average molecular weight is 335 g/mol. The van der Waals surface area contributed by atoms with Crippen LogP contribution in [0.25, 0.3) is 0 Å². The van der Waals surface area contributed by atoms with Gasteiger partial charge in [-0.25, -0.2) is 4.79 Å². The number of thiophene rings is 1. The number of halogens is 6. The van der Waals surface area contributed by atoms with Crippen LogP contribution in [-0.2, 0) is 4.79 Å². The van der Waals surface area contributed by atoms with E-state index >= 15 is 0 Å². The minimum Gasteiger partial charge on any atom is -0.477 e. The highest BCUT2D eigenvalue weighted by molar-refractivity contribution is 7.18. The van der Waals surface area contributed by atoms with E-state index < -0.39 is 35.1 Å². The lowest BCUT2D eigenvalue weighted by molar-refractivity contribution is -0.272. The van der Waals surface area contributed by atoms with Gasteiger partial charge in [0.15, 0.2) is 0 Å². The van der Waals surface area contributed by atoms with E-state index in [0.29, 0.717) is 11.3 Å². The first-order valence-electron chi connectivity index (χ1n) is 5.12. The molecule has 0 aromatic carbocycles. The van der Waals surface area contributed by atoms with Crippen LogP contribution in [0.4, 0.5) is 31.3 Å². The summed E-state index contributed by atoms with van der Waals surface area (Å²) >= 11 is 0.368. The lowest BCUT2D eigenvalue weighted by Crippen LogP contribution is -2.45. The summed E-state index contributed by atoms with van der Waals surface area (Å²) in [6.07, 6.45) is -11.6. The Morgan fingerprint density at radius 3 is 2.00 bits per heavy atom. The standard InChI is InChI=1S/C10H7F6NO3S/c1-3-2-4(21-5(3)8(19)20)17-7(18)6(9(11,12)13)10(14,15)16/h2,6H,1H3,(H,17,18)(H,19,20). The highest BCUT2D eigenvalue weighted by Gasteiger charge is 2.61. The minimum atomic E-state index is -5.80. The lowest BCUT2D eigenvalue weighted by atomic mass is 10.1. The van der Waals surface area contributed by atoms with E-state index in [-0.39, 0.29) is 10.4 Å². The van der Waals surface area contributed by atoms with Crippen LogP contribution in [0.3, 0.4) is 0 Å². The lowest BCUT2D eigenvalue weighted by Gasteiger charge is -2.21. The Balaban J connectivity index is 3.03. The third kappa shape index (κ3) is 4.09. The zero-order valence-electron chi connectivity index (χ0n) is 10.1. The number of alkyl halides is 6. The summed E-state index contributed by atoms with van der Waals surface area (Å²) in [5.41, 5.74) is 0.110. The molecule has 1 aromatic heterocycles. The van der Waals surface area contributed by atoms with Crippen LogP contribution in [0.5, 0.6) is 0 Å². The Morgan fingerprint density at radius 1 is 1.19 bits per heavy atom. The van der Waals surface area contributed by atoms with Crippen molar-refractivity contribution in [2.75, 3.05) is 5.32 Å². The number of nitrogens with one attached hydrogen (secondary N) is 1. The molecule has 0 unspecified atom stereocenters. The molecule has 0 spiro atoms. The molecule has 0 saturated heterocycles. The maximum absolute atomic E-state index is 12.3. The number of hydrogen-bond acceptors (Lipinski definition) is 3. The quantitative estimate of drug-likeness (QED) is 0.832. The largest absolute Gasteiger partial charge is 0.477 e. The fourth-order valence-electron chi connectivity index (χ4n) is 1.43. The third-order valence-electron chi connectivity index (χ3n) is 2.28. The highest BCUT2D eigenvalue weighted by atomic mass is 32.1. The Hall–Kier alpha value is -1.78. The number of aromatic carboxylic acids is 1. The predicted molar refractivity (Wildman–Crippen MR) is 60.2 cm³/mol. The van der Waals surface area contributed by atoms with Crippen molar-refractivity contribution in [2.45, 2.75) is 19.3 Å². The third-order valence-corrected chi connectivity index (χ3v) is 3.42. The molecule has 21 heavy (non-hydrogen) atoms. The van der Waals surface area contributed by atoms with Gasteiger partial charge < -0.3 is 10.4 Å². The van der Waals surface area contributed by atoms with Gasteiger partial charge in [0, 0.05) is 0 Å². The number of rotatable bonds is 3. The van der Waals surface area contributed by atoms with Crippen LogP contribution in [0.15, 0.2) is 6.07 Å². The topological polar surface area (TPSA) is 66.4 Å². The van der Waals surface area contributed by atoms with Gasteiger partial charge in [-0.1, -0.05) is 0 Å². The second-order valence-corrected chi connectivity index (χ2v) is 4.99. The molecular weight excluding hydrogens is 328 g/mol. The van der Waals surface area contributed by atoms with Crippen molar-refractivity contribution in [1.82, 2.24) is 0 Å². The predicted octanol–water partition coefficient (Wildman–Crippen LogP) is 3.43. The van der Waals surface area contributed by atoms with Crippen molar-refractivity contribution in [2.24, 2.45) is 5.92 Å². The van der Waals surface area contributed by atoms with Crippen LogP contribution in [0, 0.1) is 12.8 Å². The van der Waals surface area contributed by atoms with Gasteiger partial charge in [-0.2, -0.15) is 26.3 Å². The smallest absolute Gasteiger partial charge is 0.409 e. The monoisotopic (exact) mass is 335 g/mol. The second kappa shape index (κ2) is 5.54. The van der Waals surface area contributed by atoms with E-state index in [1.807, 2.05) is 0 Å². The van der Waals surface area contributed by atoms with Crippen LogP contribution in [-0.4, -0.2) is 29.3 Å². The summed E-state index contributed by atoms with van der Waals surface area (Å²) in [6, 6.07) is 0.982. The molecule has 1 rings (SSSR count). The summed E-state index contributed by atoms with van der Waals surface area (Å²) in [5.74, 6) is -7.89. The van der Waals surface area contributed by atoms with Gasteiger partial charge in [0.05, 0.1) is 5.00 Å². The van der Waals surface area contributed by atoms with Gasteiger partial charge >= 0.3 is 18.3 Å². The molecule has 4 nitrogen and oxygen atoms in total. The zero-order chi connectivity index (χ0) is 16.6. The molecule has 2 N–H and O–H groups in total. The van der Waals surface area contributed by atoms with Crippen molar-refractivity contribution in [1.29, 1.82) is 0 Å². The van der Waals surface area contributed by atoms with Crippen LogP contribution in [0.2, 0.25) is 0 Å². The van der Waals surface area contributed by atoms with E-state index in [9.17, 15) is 35.9 Å². The molecule has 1 amide bonds. The van der Waals surface area contributed by atoms with E-state index in [1.165, 1.54) is 12.2 Å². The Morgan fingerprint density at radius 2 is 1.67 bits per heavy atom. The molecule has 11 heteroatoms. The van der Waals surface area contributed by atoms with E-state index in [4.69, 9.17) is 5.11 Å². The molecule has 1 aromatic rings. The maximum atomic E-state index is 12.3. The molecule has 1 heterocycles. The van der Waals surface area contributed by atoms with Gasteiger partial charge in [-0.05, 0) is 18.6 Å². The average Bonchev–Trinajstić information content (AvgIpc) is 2.54. The number of hydrogen-bond donors (Lipinski definition) is 2. The molecule has 0 aliphatic carbocycles. The van der Waals surface area contributed by atoms with Crippen molar-refractivity contribution < 1.29 is 41.0 Å². The molecule has 0 aliphatic heterocycles. The molecule has 0 aliphatic rings. The SMILES string of the molecule is Cc1cc(NC(=O)C(C(F)(F)F)C(F)(F)F)sc1C(=O)O. The molecular formula is C10H7F6NO3S.